The number of primary amides is 1. The number of nitrogens with zero attached hydrogens (tertiary/aromatic N) is 3. The van der Waals surface area contributed by atoms with Crippen molar-refractivity contribution in [2.24, 2.45) is 5.73 Å². The summed E-state index contributed by atoms with van der Waals surface area (Å²) in [7, 11) is 0. The van der Waals surface area contributed by atoms with E-state index >= 15 is 0 Å². The molecule has 1 aliphatic heterocycles. The van der Waals surface area contributed by atoms with Crippen LogP contribution in [0.3, 0.4) is 0 Å². The van der Waals surface area contributed by atoms with Gasteiger partial charge in [0, 0.05) is 13.0 Å². The molecule has 1 aromatic heterocycles. The number of nitrogens with one attached hydrogen (secondary N) is 4. The first-order chi connectivity index (χ1) is 14.7. The van der Waals surface area contributed by atoms with Crippen LogP contribution in [0.25, 0.3) is 0 Å². The SMILES string of the molecule is C[C@@H]1Nc2nc(Cl)nc(n2)NCCCC[C@H](C(N)=O)NC(=O)[C@H](CCC(=O)O)NC1=O. The van der Waals surface area contributed by atoms with Gasteiger partial charge in [0.05, 0.1) is 0 Å². The Bertz CT molecular complexity index is 839. The molecule has 2 bridgehead atoms. The molecule has 1 aromatic rings. The van der Waals surface area contributed by atoms with Gasteiger partial charge in [0.25, 0.3) is 0 Å². The van der Waals surface area contributed by atoms with E-state index in [1.807, 2.05) is 0 Å². The van der Waals surface area contributed by atoms with Crippen molar-refractivity contribution in [1.29, 1.82) is 0 Å². The number of anilines is 2. The molecule has 0 unspecified atom stereocenters. The van der Waals surface area contributed by atoms with Crippen LogP contribution in [0.1, 0.15) is 39.0 Å². The number of carboxylic acid groups (broad SMARTS) is 1. The summed E-state index contributed by atoms with van der Waals surface area (Å²) in [6.45, 7) is 1.96. The van der Waals surface area contributed by atoms with Crippen molar-refractivity contribution < 1.29 is 24.3 Å². The highest BCUT2D eigenvalue weighted by atomic mass is 35.5. The van der Waals surface area contributed by atoms with E-state index in [9.17, 15) is 19.2 Å². The second-order valence-corrected chi connectivity index (χ2v) is 7.34. The Hall–Kier alpha value is -3.22. The minimum absolute atomic E-state index is 0.0533. The van der Waals surface area contributed by atoms with Crippen LogP contribution in [-0.4, -0.2) is 68.4 Å². The number of carboxylic acids is 1. The molecule has 0 fully saturated rings. The second kappa shape index (κ2) is 11.2. The molecule has 2 rings (SSSR count). The van der Waals surface area contributed by atoms with Crippen LogP contribution in [0.4, 0.5) is 11.9 Å². The highest BCUT2D eigenvalue weighted by Crippen LogP contribution is 2.12. The molecule has 0 spiro atoms. The molecule has 0 saturated carbocycles. The summed E-state index contributed by atoms with van der Waals surface area (Å²) in [6.07, 6.45) is 0.884. The molecule has 0 aromatic carbocycles. The van der Waals surface area contributed by atoms with Crippen LogP contribution in [0.15, 0.2) is 0 Å². The van der Waals surface area contributed by atoms with Crippen molar-refractivity contribution in [3.63, 3.8) is 0 Å². The fraction of sp³-hybridized carbons (Fsp3) is 0.588. The van der Waals surface area contributed by atoms with Crippen molar-refractivity contribution in [1.82, 2.24) is 25.6 Å². The van der Waals surface area contributed by atoms with Crippen molar-refractivity contribution in [3.05, 3.63) is 5.28 Å². The molecule has 14 heteroatoms. The van der Waals surface area contributed by atoms with Gasteiger partial charge in [-0.1, -0.05) is 0 Å². The Balaban J connectivity index is 2.27. The zero-order valence-corrected chi connectivity index (χ0v) is 17.6. The number of nitrogens with two attached hydrogens (primary N) is 1. The topological polar surface area (TPSA) is 201 Å². The Morgan fingerprint density at radius 2 is 1.81 bits per heavy atom. The molecular formula is C17H25ClN8O5. The molecule has 0 saturated heterocycles. The molecule has 170 valence electrons. The van der Waals surface area contributed by atoms with Crippen LogP contribution in [-0.2, 0) is 19.2 Å². The number of amides is 3. The molecular weight excluding hydrogens is 432 g/mol. The largest absolute Gasteiger partial charge is 0.481 e. The third-order valence-corrected chi connectivity index (χ3v) is 4.66. The molecule has 7 N–H and O–H groups in total. The van der Waals surface area contributed by atoms with E-state index in [-0.39, 0.29) is 36.4 Å². The first-order valence-electron chi connectivity index (χ1n) is 9.69. The van der Waals surface area contributed by atoms with E-state index in [4.69, 9.17) is 22.4 Å². The number of hydrogen-bond donors (Lipinski definition) is 6. The van der Waals surface area contributed by atoms with E-state index in [1.54, 1.807) is 0 Å². The zero-order chi connectivity index (χ0) is 23.0. The number of aromatic nitrogens is 3. The quantitative estimate of drug-likeness (QED) is 0.334. The zero-order valence-electron chi connectivity index (χ0n) is 16.9. The van der Waals surface area contributed by atoms with E-state index in [0.29, 0.717) is 19.4 Å². The molecule has 0 aliphatic carbocycles. The van der Waals surface area contributed by atoms with Gasteiger partial charge in [-0.25, -0.2) is 0 Å². The van der Waals surface area contributed by atoms with Crippen molar-refractivity contribution >= 4 is 47.2 Å². The first kappa shape index (κ1) is 24.1. The van der Waals surface area contributed by atoms with Crippen LogP contribution >= 0.6 is 11.6 Å². The Labute approximate surface area is 182 Å². The van der Waals surface area contributed by atoms with Gasteiger partial charge < -0.3 is 32.1 Å². The summed E-state index contributed by atoms with van der Waals surface area (Å²) in [6, 6.07) is -3.04. The molecule has 31 heavy (non-hydrogen) atoms. The van der Waals surface area contributed by atoms with Crippen molar-refractivity contribution in [2.45, 2.75) is 57.2 Å². The summed E-state index contributed by atoms with van der Waals surface area (Å²) in [5, 5.41) is 19.6. The average molecular weight is 457 g/mol. The normalized spacial score (nSPS) is 23.0. The smallest absolute Gasteiger partial charge is 0.303 e. The molecule has 1 aliphatic rings. The van der Waals surface area contributed by atoms with Gasteiger partial charge in [-0.05, 0) is 44.2 Å². The van der Waals surface area contributed by atoms with Gasteiger partial charge in [-0.3, -0.25) is 19.2 Å². The number of carbonyl (C=O) groups excluding carboxylic acids is 3. The highest BCUT2D eigenvalue weighted by molar-refractivity contribution is 6.28. The van der Waals surface area contributed by atoms with Gasteiger partial charge in [-0.2, -0.15) is 15.0 Å². The molecule has 2 heterocycles. The minimum Gasteiger partial charge on any atom is -0.481 e. The molecule has 3 amide bonds. The van der Waals surface area contributed by atoms with E-state index in [0.717, 1.165) is 0 Å². The maximum atomic E-state index is 12.7. The number of carbonyl (C=O) groups is 4. The number of aliphatic carboxylic acids is 1. The number of halogens is 1. The van der Waals surface area contributed by atoms with Crippen LogP contribution < -0.4 is 27.0 Å². The first-order valence-corrected chi connectivity index (χ1v) is 10.1. The number of rotatable bonds is 4. The molecule has 13 nitrogen and oxygen atoms in total. The molecule has 0 radical (unpaired) electrons. The highest BCUT2D eigenvalue weighted by Gasteiger charge is 2.28. The van der Waals surface area contributed by atoms with Crippen LogP contribution in [0, 0.1) is 0 Å². The summed E-state index contributed by atoms with van der Waals surface area (Å²) >= 11 is 5.91. The van der Waals surface area contributed by atoms with E-state index in [2.05, 4.69) is 36.2 Å². The van der Waals surface area contributed by atoms with Crippen LogP contribution in [0.2, 0.25) is 5.28 Å². The van der Waals surface area contributed by atoms with Crippen LogP contribution in [0.5, 0.6) is 0 Å². The van der Waals surface area contributed by atoms with Crippen molar-refractivity contribution in [2.75, 3.05) is 17.2 Å². The third kappa shape index (κ3) is 7.85. The average Bonchev–Trinajstić information content (AvgIpc) is 2.68. The summed E-state index contributed by atoms with van der Waals surface area (Å²) in [5.41, 5.74) is 5.38. The monoisotopic (exact) mass is 456 g/mol. The predicted molar refractivity (Wildman–Crippen MR) is 110 cm³/mol. The lowest BCUT2D eigenvalue weighted by Gasteiger charge is -2.23. The van der Waals surface area contributed by atoms with Crippen molar-refractivity contribution in [3.8, 4) is 0 Å². The molecule has 3 atom stereocenters. The fourth-order valence-electron chi connectivity index (χ4n) is 2.82. The van der Waals surface area contributed by atoms with E-state index < -0.39 is 41.8 Å². The summed E-state index contributed by atoms with van der Waals surface area (Å²) in [5.74, 6) is -2.90. The Kier molecular flexibility index (Phi) is 8.73. The van der Waals surface area contributed by atoms with Gasteiger partial charge >= 0.3 is 5.97 Å². The summed E-state index contributed by atoms with van der Waals surface area (Å²) < 4.78 is 0. The third-order valence-electron chi connectivity index (χ3n) is 4.49. The lowest BCUT2D eigenvalue weighted by Crippen LogP contribution is -2.54. The number of hydrogen-bond acceptors (Lipinski definition) is 9. The van der Waals surface area contributed by atoms with Gasteiger partial charge in [0.1, 0.15) is 18.1 Å². The maximum absolute atomic E-state index is 12.7. The van der Waals surface area contributed by atoms with Gasteiger partial charge in [0.2, 0.25) is 34.9 Å². The number of fused-ring (bicyclic) bond motifs is 2. The van der Waals surface area contributed by atoms with Gasteiger partial charge in [0.15, 0.2) is 0 Å². The maximum Gasteiger partial charge on any atom is 0.303 e. The van der Waals surface area contributed by atoms with E-state index in [1.165, 1.54) is 6.92 Å². The fourth-order valence-corrected chi connectivity index (χ4v) is 2.98. The predicted octanol–water partition coefficient (Wildman–Crippen LogP) is -0.759. The summed E-state index contributed by atoms with van der Waals surface area (Å²) in [4.78, 5) is 60.0. The Morgan fingerprint density at radius 3 is 2.48 bits per heavy atom. The lowest BCUT2D eigenvalue weighted by molar-refractivity contribution is -0.138. The lowest BCUT2D eigenvalue weighted by atomic mass is 10.1. The Morgan fingerprint density at radius 1 is 1.10 bits per heavy atom. The standard InChI is InChI=1S/C17H25ClN8O5/c1-8-13(30)23-10(5-6-11(27)28)14(31)22-9(12(19)29)4-2-3-7-20-16-24-15(18)25-17(21-8)26-16/h8-10H,2-7H2,1H3,(H2,19,29)(H,22,31)(H,23,30)(H,27,28)(H2,20,21,24,25,26)/t8-,9+,10-/m0/s1. The second-order valence-electron chi connectivity index (χ2n) is 7.00. The minimum atomic E-state index is -1.18. The van der Waals surface area contributed by atoms with Gasteiger partial charge in [-0.15, -0.1) is 0 Å².